The van der Waals surface area contributed by atoms with Crippen molar-refractivity contribution >= 4 is 29.0 Å². The average molecular weight is 484 g/mol. The van der Waals surface area contributed by atoms with Crippen molar-refractivity contribution in [2.45, 2.75) is 39.2 Å². The molecule has 0 unspecified atom stereocenters. The van der Waals surface area contributed by atoms with Gasteiger partial charge in [0.25, 0.3) is 0 Å². The molecule has 2 aromatic carbocycles. The summed E-state index contributed by atoms with van der Waals surface area (Å²) in [6, 6.07) is 11.9. The van der Waals surface area contributed by atoms with Gasteiger partial charge < -0.3 is 14.7 Å². The van der Waals surface area contributed by atoms with Crippen LogP contribution >= 0.6 is 23.2 Å². The van der Waals surface area contributed by atoms with Crippen LogP contribution in [0, 0.1) is 12.3 Å². The van der Waals surface area contributed by atoms with Gasteiger partial charge in [0, 0.05) is 18.7 Å². The quantitative estimate of drug-likeness (QED) is 0.519. The molecule has 0 saturated carbocycles. The van der Waals surface area contributed by atoms with Gasteiger partial charge in [0.1, 0.15) is 11.4 Å². The van der Waals surface area contributed by atoms with Gasteiger partial charge in [0.15, 0.2) is 5.82 Å². The monoisotopic (exact) mass is 483 g/mol. The Labute approximate surface area is 204 Å². The zero-order valence-corrected chi connectivity index (χ0v) is 20.4. The molecule has 1 spiro atoms. The lowest BCUT2D eigenvalue weighted by molar-refractivity contribution is 0.230. The molecule has 1 N–H and O–H groups in total. The van der Waals surface area contributed by atoms with Crippen molar-refractivity contribution in [3.63, 3.8) is 0 Å². The summed E-state index contributed by atoms with van der Waals surface area (Å²) in [6.07, 6.45) is 4.37. The highest BCUT2D eigenvalue weighted by Crippen LogP contribution is 2.46. The Kier molecular flexibility index (Phi) is 5.98. The molecule has 0 atom stereocenters. The number of aryl methyl sites for hydroxylation is 1. The molecule has 1 fully saturated rings. The molecule has 2 heterocycles. The Bertz CT molecular complexity index is 1210. The first-order valence-electron chi connectivity index (χ1n) is 11.3. The third kappa shape index (κ3) is 4.07. The fourth-order valence-electron chi connectivity index (χ4n) is 5.33. The molecule has 7 heteroatoms. The number of aliphatic hydroxyl groups excluding tert-OH is 1. The van der Waals surface area contributed by atoms with Crippen LogP contribution in [-0.2, 0) is 19.4 Å². The number of anilines is 1. The third-order valence-corrected chi connectivity index (χ3v) is 7.96. The van der Waals surface area contributed by atoms with Gasteiger partial charge in [-0.15, -0.1) is 0 Å². The van der Waals surface area contributed by atoms with E-state index in [0.29, 0.717) is 26.8 Å². The summed E-state index contributed by atoms with van der Waals surface area (Å²) in [6.45, 7) is 3.53. The highest BCUT2D eigenvalue weighted by atomic mass is 35.5. The molecule has 5 nitrogen and oxygen atoms in total. The number of ether oxygens (including phenoxy) is 1. The molecule has 5 rings (SSSR count). The zero-order valence-electron chi connectivity index (χ0n) is 18.9. The number of hydrogen-bond acceptors (Lipinski definition) is 5. The smallest absolute Gasteiger partial charge is 0.153 e. The SMILES string of the molecule is COc1ccc2c(c1)CC1(CCN(c3nc(C)c(-c4cccc(Cl)c4Cl)nc3CO)CC1)C2. The molecule has 0 bridgehead atoms. The maximum Gasteiger partial charge on any atom is 0.153 e. The fraction of sp³-hybridized carbons (Fsp3) is 0.385. The summed E-state index contributed by atoms with van der Waals surface area (Å²) in [7, 11) is 1.72. The van der Waals surface area contributed by atoms with Crippen LogP contribution in [0.4, 0.5) is 5.82 Å². The highest BCUT2D eigenvalue weighted by molar-refractivity contribution is 6.43. The summed E-state index contributed by atoms with van der Waals surface area (Å²) in [4.78, 5) is 11.9. The first-order chi connectivity index (χ1) is 15.9. The molecule has 1 aliphatic heterocycles. The van der Waals surface area contributed by atoms with E-state index in [-0.39, 0.29) is 6.61 Å². The van der Waals surface area contributed by atoms with E-state index in [2.05, 4.69) is 23.1 Å². The number of piperidine rings is 1. The van der Waals surface area contributed by atoms with E-state index in [9.17, 15) is 5.11 Å². The molecule has 33 heavy (non-hydrogen) atoms. The lowest BCUT2D eigenvalue weighted by atomic mass is 9.76. The average Bonchev–Trinajstić information content (AvgIpc) is 3.18. The second kappa shape index (κ2) is 8.79. The van der Waals surface area contributed by atoms with E-state index < -0.39 is 0 Å². The van der Waals surface area contributed by atoms with Gasteiger partial charge in [-0.05, 0) is 67.3 Å². The molecule has 1 saturated heterocycles. The molecular weight excluding hydrogens is 457 g/mol. The topological polar surface area (TPSA) is 58.5 Å². The summed E-state index contributed by atoms with van der Waals surface area (Å²) in [5.41, 5.74) is 5.88. The number of benzene rings is 2. The number of nitrogens with zero attached hydrogens (tertiary/aromatic N) is 3. The Balaban J connectivity index is 1.38. The number of fused-ring (bicyclic) bond motifs is 1. The Morgan fingerprint density at radius 1 is 1.06 bits per heavy atom. The molecule has 1 aliphatic carbocycles. The van der Waals surface area contributed by atoms with Crippen molar-refractivity contribution in [1.29, 1.82) is 0 Å². The van der Waals surface area contributed by atoms with Crippen LogP contribution in [-0.4, -0.2) is 35.3 Å². The Morgan fingerprint density at radius 2 is 1.82 bits per heavy atom. The minimum absolute atomic E-state index is 0.180. The number of hydrogen-bond donors (Lipinski definition) is 1. The van der Waals surface area contributed by atoms with Gasteiger partial charge in [-0.2, -0.15) is 0 Å². The van der Waals surface area contributed by atoms with Gasteiger partial charge in [-0.3, -0.25) is 0 Å². The van der Waals surface area contributed by atoms with Crippen molar-refractivity contribution in [2.75, 3.05) is 25.1 Å². The van der Waals surface area contributed by atoms with Gasteiger partial charge in [-0.1, -0.05) is 41.4 Å². The Hall–Kier alpha value is -2.34. The van der Waals surface area contributed by atoms with Gasteiger partial charge in [0.05, 0.1) is 35.1 Å². The fourth-order valence-corrected chi connectivity index (χ4v) is 5.72. The lowest BCUT2D eigenvalue weighted by Gasteiger charge is -2.40. The predicted molar refractivity (Wildman–Crippen MR) is 132 cm³/mol. The van der Waals surface area contributed by atoms with Crippen LogP contribution in [0.15, 0.2) is 36.4 Å². The van der Waals surface area contributed by atoms with Gasteiger partial charge in [0.2, 0.25) is 0 Å². The highest BCUT2D eigenvalue weighted by Gasteiger charge is 2.40. The third-order valence-electron chi connectivity index (χ3n) is 7.15. The van der Waals surface area contributed by atoms with E-state index in [1.807, 2.05) is 19.1 Å². The number of aliphatic hydroxyl groups is 1. The predicted octanol–water partition coefficient (Wildman–Crippen LogP) is 5.65. The first kappa shape index (κ1) is 22.5. The van der Waals surface area contributed by atoms with Crippen LogP contribution in [0.3, 0.4) is 0 Å². The van der Waals surface area contributed by atoms with Crippen molar-refractivity contribution in [3.05, 3.63) is 69.0 Å². The maximum absolute atomic E-state index is 10.1. The summed E-state index contributed by atoms with van der Waals surface area (Å²) >= 11 is 12.6. The lowest BCUT2D eigenvalue weighted by Crippen LogP contribution is -2.41. The van der Waals surface area contributed by atoms with Crippen LogP contribution in [0.1, 0.15) is 35.4 Å². The maximum atomic E-state index is 10.1. The second-order valence-corrected chi connectivity index (χ2v) is 9.95. The largest absolute Gasteiger partial charge is 0.497 e. The van der Waals surface area contributed by atoms with Crippen LogP contribution < -0.4 is 9.64 Å². The van der Waals surface area contributed by atoms with Gasteiger partial charge in [-0.25, -0.2) is 9.97 Å². The van der Waals surface area contributed by atoms with Crippen LogP contribution in [0.5, 0.6) is 5.75 Å². The molecule has 2 aliphatic rings. The summed E-state index contributed by atoms with van der Waals surface area (Å²) in [5.74, 6) is 1.70. The van der Waals surface area contributed by atoms with Crippen molar-refractivity contribution in [3.8, 4) is 17.0 Å². The standard InChI is InChI=1S/C26H27Cl2N3O2/c1-16-24(20-4-3-5-21(27)23(20)28)30-22(15-32)25(29-16)31-10-8-26(9-11-31)13-17-6-7-19(33-2)12-18(17)14-26/h3-7,12,32H,8-11,13-15H2,1-2H3. The van der Waals surface area contributed by atoms with E-state index in [1.165, 1.54) is 11.1 Å². The van der Waals surface area contributed by atoms with Crippen LogP contribution in [0.25, 0.3) is 11.3 Å². The number of aromatic nitrogens is 2. The summed E-state index contributed by atoms with van der Waals surface area (Å²) in [5, 5.41) is 11.0. The van der Waals surface area contributed by atoms with Crippen molar-refractivity contribution in [1.82, 2.24) is 9.97 Å². The number of methoxy groups -OCH3 is 1. The second-order valence-electron chi connectivity index (χ2n) is 9.16. The number of rotatable bonds is 4. The zero-order chi connectivity index (χ0) is 23.2. The molecule has 3 aromatic rings. The molecule has 0 amide bonds. The van der Waals surface area contributed by atoms with Crippen LogP contribution in [0.2, 0.25) is 10.0 Å². The Morgan fingerprint density at radius 3 is 2.55 bits per heavy atom. The van der Waals surface area contributed by atoms with Crippen molar-refractivity contribution < 1.29 is 9.84 Å². The number of halogens is 2. The molecule has 172 valence electrons. The van der Waals surface area contributed by atoms with E-state index in [4.69, 9.17) is 37.9 Å². The molecular formula is C26H27Cl2N3O2. The van der Waals surface area contributed by atoms with E-state index in [0.717, 1.165) is 61.6 Å². The summed E-state index contributed by atoms with van der Waals surface area (Å²) < 4.78 is 5.42. The van der Waals surface area contributed by atoms with Gasteiger partial charge >= 0.3 is 0 Å². The first-order valence-corrected chi connectivity index (χ1v) is 12.0. The minimum atomic E-state index is -0.180. The molecule has 1 aromatic heterocycles. The molecule has 0 radical (unpaired) electrons. The van der Waals surface area contributed by atoms with E-state index >= 15 is 0 Å². The van der Waals surface area contributed by atoms with Crippen molar-refractivity contribution in [2.24, 2.45) is 5.41 Å². The minimum Gasteiger partial charge on any atom is -0.497 e. The van der Waals surface area contributed by atoms with E-state index in [1.54, 1.807) is 13.2 Å². The normalized spacial score (nSPS) is 16.8.